The summed E-state index contributed by atoms with van der Waals surface area (Å²) in [5.41, 5.74) is 4.58. The molecule has 0 fully saturated rings. The van der Waals surface area contributed by atoms with Gasteiger partial charge in [-0.05, 0) is 63.9 Å². The smallest absolute Gasteiger partial charge is 0.230 e. The molecule has 4 aromatic rings. The molecule has 3 N–H and O–H groups in total. The molecule has 0 saturated carbocycles. The number of rotatable bonds is 8. The fourth-order valence-corrected chi connectivity index (χ4v) is 3.82. The largest absolute Gasteiger partial charge is 0.386 e. The third kappa shape index (κ3) is 5.81. The Hall–Kier alpha value is -3.85. The molecule has 9 nitrogen and oxygen atoms in total. The Morgan fingerprint density at radius 1 is 1.17 bits per heavy atom. The highest BCUT2D eigenvalue weighted by Crippen LogP contribution is 2.25. The number of carbonyl (C=O) groups excluding carboxylic acids is 1. The van der Waals surface area contributed by atoms with Gasteiger partial charge in [0.1, 0.15) is 11.3 Å². The van der Waals surface area contributed by atoms with Crippen LogP contribution >= 0.6 is 0 Å². The van der Waals surface area contributed by atoms with Crippen LogP contribution in [0.2, 0.25) is 0 Å². The number of amides is 1. The van der Waals surface area contributed by atoms with Crippen LogP contribution < -0.4 is 10.6 Å². The molecule has 1 aromatic carbocycles. The third-order valence-electron chi connectivity index (χ3n) is 5.87. The van der Waals surface area contributed by atoms with Gasteiger partial charge in [0.15, 0.2) is 0 Å². The number of hydrogen-bond donors (Lipinski definition) is 3. The van der Waals surface area contributed by atoms with Gasteiger partial charge < -0.3 is 15.7 Å². The molecule has 4 rings (SSSR count). The Morgan fingerprint density at radius 3 is 2.66 bits per heavy atom. The lowest BCUT2D eigenvalue weighted by atomic mass is 10.00. The van der Waals surface area contributed by atoms with Gasteiger partial charge in [-0.15, -0.1) is 0 Å². The molecular weight excluding hydrogens is 442 g/mol. The maximum atomic E-state index is 12.6. The molecule has 35 heavy (non-hydrogen) atoms. The molecule has 0 aliphatic carbocycles. The molecular formula is C26H31N7O2. The second-order valence-electron chi connectivity index (χ2n) is 9.21. The summed E-state index contributed by atoms with van der Waals surface area (Å²) >= 11 is 0. The zero-order chi connectivity index (χ0) is 25.2. The summed E-state index contributed by atoms with van der Waals surface area (Å²) in [5.74, 6) is 0.479. The molecule has 0 saturated heterocycles. The molecule has 0 unspecified atom stereocenters. The Bertz CT molecular complexity index is 1340. The second kappa shape index (κ2) is 9.79. The van der Waals surface area contributed by atoms with Crippen molar-refractivity contribution in [1.82, 2.24) is 24.7 Å². The van der Waals surface area contributed by atoms with E-state index in [1.165, 1.54) is 0 Å². The molecule has 1 atom stereocenters. The summed E-state index contributed by atoms with van der Waals surface area (Å²) in [6.45, 7) is 10.3. The quantitative estimate of drug-likeness (QED) is 0.352. The fraction of sp³-hybridized carbons (Fsp3) is 0.346. The van der Waals surface area contributed by atoms with Crippen molar-refractivity contribution >= 4 is 28.6 Å². The molecule has 0 spiro atoms. The molecule has 0 bridgehead atoms. The number of aromatic nitrogens is 5. The predicted molar refractivity (Wildman–Crippen MR) is 136 cm³/mol. The first-order valence-electron chi connectivity index (χ1n) is 11.7. The lowest BCUT2D eigenvalue weighted by molar-refractivity contribution is -0.115. The second-order valence-corrected chi connectivity index (χ2v) is 9.21. The van der Waals surface area contributed by atoms with Crippen LogP contribution in [-0.4, -0.2) is 35.7 Å². The fourth-order valence-electron chi connectivity index (χ4n) is 3.82. The van der Waals surface area contributed by atoms with Crippen molar-refractivity contribution in [3.63, 3.8) is 0 Å². The van der Waals surface area contributed by atoms with Crippen molar-refractivity contribution in [2.45, 2.75) is 59.2 Å². The van der Waals surface area contributed by atoms with Crippen LogP contribution in [0.15, 0.2) is 48.9 Å². The number of carbonyl (C=O) groups is 1. The van der Waals surface area contributed by atoms with E-state index in [4.69, 9.17) is 0 Å². The third-order valence-corrected chi connectivity index (χ3v) is 5.87. The molecule has 182 valence electrons. The number of aryl methyl sites for hydroxylation is 2. The van der Waals surface area contributed by atoms with Gasteiger partial charge in [-0.2, -0.15) is 5.10 Å². The zero-order valence-corrected chi connectivity index (χ0v) is 20.7. The van der Waals surface area contributed by atoms with Gasteiger partial charge in [0.05, 0.1) is 30.5 Å². The number of fused-ring (bicyclic) bond motifs is 1. The SMILES string of the molecule is CCn1cc2ncc(N[C@@H](C)c3cc(NC(=O)Cc4ccc(C(C)(C)O)cn4)ccc3C)nc2n1. The van der Waals surface area contributed by atoms with E-state index in [9.17, 15) is 9.90 Å². The maximum absolute atomic E-state index is 12.6. The highest BCUT2D eigenvalue weighted by Gasteiger charge is 2.17. The van der Waals surface area contributed by atoms with E-state index < -0.39 is 5.60 Å². The molecule has 3 heterocycles. The Balaban J connectivity index is 1.43. The minimum absolute atomic E-state index is 0.0668. The van der Waals surface area contributed by atoms with Crippen molar-refractivity contribution in [1.29, 1.82) is 0 Å². The lowest BCUT2D eigenvalue weighted by Crippen LogP contribution is -2.18. The standard InChI is InChI=1S/C26H31N7O2/c1-6-33-15-22-25(32-33)31-23(14-28-22)29-17(3)21-11-20(9-7-16(21)2)30-24(34)12-19-10-8-18(13-27-19)26(4,5)35/h7-11,13-15,17,35H,6,12H2,1-5H3,(H,30,34)(H,29,31,32)/t17-/m0/s1. The summed E-state index contributed by atoms with van der Waals surface area (Å²) < 4.78 is 1.81. The van der Waals surface area contributed by atoms with Crippen LogP contribution in [0, 0.1) is 6.92 Å². The highest BCUT2D eigenvalue weighted by atomic mass is 16.3. The monoisotopic (exact) mass is 473 g/mol. The topological polar surface area (TPSA) is 118 Å². The van der Waals surface area contributed by atoms with E-state index in [1.807, 2.05) is 49.8 Å². The van der Waals surface area contributed by atoms with Crippen molar-refractivity contribution in [2.75, 3.05) is 10.6 Å². The van der Waals surface area contributed by atoms with Gasteiger partial charge in [-0.1, -0.05) is 12.1 Å². The molecule has 9 heteroatoms. The zero-order valence-electron chi connectivity index (χ0n) is 20.7. The number of nitrogens with one attached hydrogen (secondary N) is 2. The molecule has 0 aliphatic rings. The summed E-state index contributed by atoms with van der Waals surface area (Å²) in [5, 5.41) is 20.8. The van der Waals surface area contributed by atoms with Crippen LogP contribution in [0.1, 0.15) is 56.1 Å². The number of pyridine rings is 1. The first-order valence-corrected chi connectivity index (χ1v) is 11.7. The van der Waals surface area contributed by atoms with Crippen LogP contribution in [0.5, 0.6) is 0 Å². The Morgan fingerprint density at radius 2 is 1.97 bits per heavy atom. The van der Waals surface area contributed by atoms with Gasteiger partial charge in [0.2, 0.25) is 11.6 Å². The van der Waals surface area contributed by atoms with Gasteiger partial charge in [0.25, 0.3) is 0 Å². The molecule has 0 radical (unpaired) electrons. The van der Waals surface area contributed by atoms with Crippen molar-refractivity contribution in [3.8, 4) is 0 Å². The Labute approximate surface area is 204 Å². The highest BCUT2D eigenvalue weighted by molar-refractivity contribution is 5.92. The van der Waals surface area contributed by atoms with Crippen molar-refractivity contribution in [2.24, 2.45) is 0 Å². The summed E-state index contributed by atoms with van der Waals surface area (Å²) in [7, 11) is 0. The lowest BCUT2D eigenvalue weighted by Gasteiger charge is -2.18. The van der Waals surface area contributed by atoms with E-state index in [0.29, 0.717) is 28.4 Å². The van der Waals surface area contributed by atoms with Gasteiger partial charge in [-0.3, -0.25) is 14.5 Å². The average Bonchev–Trinajstić information content (AvgIpc) is 3.22. The average molecular weight is 474 g/mol. The van der Waals surface area contributed by atoms with Crippen LogP contribution in [0.4, 0.5) is 11.5 Å². The summed E-state index contributed by atoms with van der Waals surface area (Å²) in [4.78, 5) is 26.0. The number of nitrogens with zero attached hydrogens (tertiary/aromatic N) is 5. The number of benzene rings is 1. The first kappa shape index (κ1) is 24.3. The van der Waals surface area contributed by atoms with Crippen LogP contribution in [0.25, 0.3) is 11.2 Å². The summed E-state index contributed by atoms with van der Waals surface area (Å²) in [6.07, 6.45) is 5.33. The van der Waals surface area contributed by atoms with Gasteiger partial charge in [0, 0.05) is 29.7 Å². The van der Waals surface area contributed by atoms with E-state index in [-0.39, 0.29) is 18.4 Å². The van der Waals surface area contributed by atoms with E-state index >= 15 is 0 Å². The molecule has 3 aromatic heterocycles. The van der Waals surface area contributed by atoms with Crippen LogP contribution in [-0.2, 0) is 23.4 Å². The van der Waals surface area contributed by atoms with Crippen molar-refractivity contribution < 1.29 is 9.90 Å². The summed E-state index contributed by atoms with van der Waals surface area (Å²) in [6, 6.07) is 9.33. The number of aliphatic hydroxyl groups is 1. The van der Waals surface area contributed by atoms with Gasteiger partial charge in [-0.25, -0.2) is 9.97 Å². The predicted octanol–water partition coefficient (Wildman–Crippen LogP) is 4.13. The maximum Gasteiger partial charge on any atom is 0.230 e. The molecule has 1 amide bonds. The minimum atomic E-state index is -0.967. The van der Waals surface area contributed by atoms with Crippen LogP contribution in [0.3, 0.4) is 0 Å². The normalized spacial score (nSPS) is 12.5. The van der Waals surface area contributed by atoms with E-state index in [2.05, 4.69) is 30.7 Å². The van der Waals surface area contributed by atoms with E-state index in [0.717, 1.165) is 23.2 Å². The number of anilines is 2. The molecule has 0 aliphatic heterocycles. The first-order chi connectivity index (χ1) is 16.6. The van der Waals surface area contributed by atoms with Gasteiger partial charge >= 0.3 is 0 Å². The number of hydrogen-bond acceptors (Lipinski definition) is 7. The minimum Gasteiger partial charge on any atom is -0.386 e. The van der Waals surface area contributed by atoms with E-state index in [1.54, 1.807) is 38.4 Å². The Kier molecular flexibility index (Phi) is 6.79. The van der Waals surface area contributed by atoms with Crippen molar-refractivity contribution in [3.05, 3.63) is 71.3 Å².